The minimum absolute atomic E-state index is 0.111. The molecule has 4 nitrogen and oxygen atoms in total. The molecule has 0 aliphatic heterocycles. The Hall–Kier alpha value is -2.36. The van der Waals surface area contributed by atoms with Gasteiger partial charge in [0.1, 0.15) is 5.69 Å². The van der Waals surface area contributed by atoms with Crippen LogP contribution in [-0.2, 0) is 6.42 Å². The van der Waals surface area contributed by atoms with Gasteiger partial charge >= 0.3 is 0 Å². The fourth-order valence-electron chi connectivity index (χ4n) is 3.36. The molecule has 2 N–H and O–H groups in total. The zero-order valence-corrected chi connectivity index (χ0v) is 14.7. The van der Waals surface area contributed by atoms with Crippen LogP contribution in [0.4, 0.5) is 5.69 Å². The largest absolute Gasteiger partial charge is 0.382 e. The molecule has 1 aromatic heterocycles. The number of anilines is 1. The number of carbonyl (C=O) groups excluding carboxylic acids is 1. The highest BCUT2D eigenvalue weighted by molar-refractivity contribution is 5.93. The minimum atomic E-state index is -0.111. The van der Waals surface area contributed by atoms with Crippen molar-refractivity contribution in [3.05, 3.63) is 59.9 Å². The third-order valence-corrected chi connectivity index (χ3v) is 4.76. The first-order chi connectivity index (χ1) is 12.3. The summed E-state index contributed by atoms with van der Waals surface area (Å²) in [5.41, 5.74) is 2.70. The summed E-state index contributed by atoms with van der Waals surface area (Å²) in [5, 5.41) is 6.54. The van der Waals surface area contributed by atoms with E-state index in [1.807, 2.05) is 30.3 Å². The fourth-order valence-corrected chi connectivity index (χ4v) is 3.36. The summed E-state index contributed by atoms with van der Waals surface area (Å²) in [7, 11) is 0. The Balaban J connectivity index is 1.52. The Kier molecular flexibility index (Phi) is 6.43. The number of aromatic nitrogens is 1. The van der Waals surface area contributed by atoms with Crippen molar-refractivity contribution in [3.8, 4) is 0 Å². The van der Waals surface area contributed by atoms with E-state index in [4.69, 9.17) is 0 Å². The number of hydrogen-bond donors (Lipinski definition) is 2. The Morgan fingerprint density at radius 3 is 2.56 bits per heavy atom. The molecule has 1 heterocycles. The van der Waals surface area contributed by atoms with E-state index in [-0.39, 0.29) is 5.91 Å². The van der Waals surface area contributed by atoms with Crippen LogP contribution in [0.25, 0.3) is 0 Å². The van der Waals surface area contributed by atoms with Gasteiger partial charge in [-0.15, -0.1) is 0 Å². The van der Waals surface area contributed by atoms with Crippen LogP contribution in [0.1, 0.15) is 54.6 Å². The fraction of sp³-hybridized carbons (Fsp3) is 0.429. The molecule has 0 radical (unpaired) electrons. The van der Waals surface area contributed by atoms with Crippen molar-refractivity contribution in [2.24, 2.45) is 0 Å². The van der Waals surface area contributed by atoms with E-state index in [0.717, 1.165) is 12.1 Å². The lowest BCUT2D eigenvalue weighted by Gasteiger charge is -2.17. The molecule has 1 amide bonds. The first kappa shape index (κ1) is 17.5. The van der Waals surface area contributed by atoms with Gasteiger partial charge in [0.15, 0.2) is 0 Å². The van der Waals surface area contributed by atoms with E-state index in [1.165, 1.54) is 44.1 Å². The van der Waals surface area contributed by atoms with Crippen molar-refractivity contribution >= 4 is 11.6 Å². The van der Waals surface area contributed by atoms with Crippen LogP contribution in [0.5, 0.6) is 0 Å². The molecular weight excluding hydrogens is 310 g/mol. The summed E-state index contributed by atoms with van der Waals surface area (Å²) < 4.78 is 0. The topological polar surface area (TPSA) is 54.0 Å². The summed E-state index contributed by atoms with van der Waals surface area (Å²) in [6, 6.07) is 14.5. The maximum absolute atomic E-state index is 12.3. The molecule has 1 saturated carbocycles. The highest BCUT2D eigenvalue weighted by Crippen LogP contribution is 2.21. The quantitative estimate of drug-likeness (QED) is 0.777. The molecule has 3 rings (SSSR count). The van der Waals surface area contributed by atoms with Gasteiger partial charge < -0.3 is 10.6 Å². The Morgan fingerprint density at radius 2 is 1.80 bits per heavy atom. The lowest BCUT2D eigenvalue weighted by Crippen LogP contribution is -2.27. The van der Waals surface area contributed by atoms with Gasteiger partial charge in [0.05, 0.1) is 0 Å². The number of nitrogens with one attached hydrogen (secondary N) is 2. The van der Waals surface area contributed by atoms with Gasteiger partial charge in [-0.2, -0.15) is 0 Å². The molecule has 0 saturated heterocycles. The number of amides is 1. The predicted molar refractivity (Wildman–Crippen MR) is 102 cm³/mol. The van der Waals surface area contributed by atoms with Crippen LogP contribution in [0.3, 0.4) is 0 Å². The number of hydrogen-bond acceptors (Lipinski definition) is 3. The maximum Gasteiger partial charge on any atom is 0.269 e. The molecule has 0 bridgehead atoms. The van der Waals surface area contributed by atoms with E-state index < -0.39 is 0 Å². The maximum atomic E-state index is 12.3. The molecule has 1 fully saturated rings. The number of pyridine rings is 1. The standard InChI is InChI=1S/C21H27N3O/c25-21(23-14-12-17-8-4-3-5-9-17)20-16-19(13-15-22-20)24-18-10-6-1-2-7-11-18/h3-5,8-9,13,15-16,18H,1-2,6-7,10-12,14H2,(H,22,24)(H,23,25). The Labute approximate surface area is 150 Å². The zero-order chi connectivity index (χ0) is 17.3. The number of benzene rings is 1. The molecule has 0 spiro atoms. The third-order valence-electron chi connectivity index (χ3n) is 4.76. The molecule has 1 aliphatic rings. The molecule has 25 heavy (non-hydrogen) atoms. The molecule has 1 aliphatic carbocycles. The van der Waals surface area contributed by atoms with Crippen molar-refractivity contribution < 1.29 is 4.79 Å². The minimum Gasteiger partial charge on any atom is -0.382 e. The van der Waals surface area contributed by atoms with Crippen LogP contribution in [0, 0.1) is 0 Å². The molecule has 132 valence electrons. The van der Waals surface area contributed by atoms with Gasteiger partial charge in [0, 0.05) is 24.5 Å². The molecule has 1 aromatic carbocycles. The van der Waals surface area contributed by atoms with Crippen molar-refractivity contribution in [3.63, 3.8) is 0 Å². The predicted octanol–water partition coefficient (Wildman–Crippen LogP) is 4.19. The average molecular weight is 337 g/mol. The van der Waals surface area contributed by atoms with Gasteiger partial charge in [-0.25, -0.2) is 0 Å². The average Bonchev–Trinajstić information content (AvgIpc) is 2.91. The highest BCUT2D eigenvalue weighted by Gasteiger charge is 2.13. The molecule has 0 unspecified atom stereocenters. The monoisotopic (exact) mass is 337 g/mol. The van der Waals surface area contributed by atoms with E-state index >= 15 is 0 Å². The molecule has 0 atom stereocenters. The number of nitrogens with zero attached hydrogens (tertiary/aromatic N) is 1. The van der Waals surface area contributed by atoms with Gasteiger partial charge in [-0.05, 0) is 37.0 Å². The summed E-state index contributed by atoms with van der Waals surface area (Å²) >= 11 is 0. The first-order valence-corrected chi connectivity index (χ1v) is 9.36. The van der Waals surface area contributed by atoms with Gasteiger partial charge in [-0.3, -0.25) is 9.78 Å². The van der Waals surface area contributed by atoms with Crippen LogP contribution < -0.4 is 10.6 Å². The third kappa shape index (κ3) is 5.59. The Bertz CT molecular complexity index is 664. The summed E-state index contributed by atoms with van der Waals surface area (Å²) in [6.45, 7) is 0.616. The summed E-state index contributed by atoms with van der Waals surface area (Å²) in [6.07, 6.45) is 10.2. The first-order valence-electron chi connectivity index (χ1n) is 9.36. The van der Waals surface area contributed by atoms with Gasteiger partial charge in [0.25, 0.3) is 5.91 Å². The molecule has 4 heteroatoms. The van der Waals surface area contributed by atoms with E-state index in [2.05, 4.69) is 27.8 Å². The van der Waals surface area contributed by atoms with Crippen molar-refractivity contribution in [2.45, 2.75) is 51.0 Å². The van der Waals surface area contributed by atoms with Crippen molar-refractivity contribution in [2.75, 3.05) is 11.9 Å². The van der Waals surface area contributed by atoms with Crippen LogP contribution in [0.2, 0.25) is 0 Å². The summed E-state index contributed by atoms with van der Waals surface area (Å²) in [5.74, 6) is -0.111. The SMILES string of the molecule is O=C(NCCc1ccccc1)c1cc(NC2CCCCCC2)ccn1. The Morgan fingerprint density at radius 1 is 1.04 bits per heavy atom. The van der Waals surface area contributed by atoms with E-state index in [1.54, 1.807) is 6.20 Å². The lowest BCUT2D eigenvalue weighted by molar-refractivity contribution is 0.0949. The van der Waals surface area contributed by atoms with Crippen LogP contribution >= 0.6 is 0 Å². The zero-order valence-electron chi connectivity index (χ0n) is 14.7. The van der Waals surface area contributed by atoms with E-state index in [9.17, 15) is 4.79 Å². The smallest absolute Gasteiger partial charge is 0.269 e. The van der Waals surface area contributed by atoms with Gasteiger partial charge in [0.2, 0.25) is 0 Å². The highest BCUT2D eigenvalue weighted by atomic mass is 16.1. The lowest BCUT2D eigenvalue weighted by atomic mass is 10.1. The normalized spacial score (nSPS) is 15.4. The van der Waals surface area contributed by atoms with Crippen molar-refractivity contribution in [1.29, 1.82) is 0 Å². The van der Waals surface area contributed by atoms with Crippen LogP contribution in [0.15, 0.2) is 48.7 Å². The second kappa shape index (κ2) is 9.21. The summed E-state index contributed by atoms with van der Waals surface area (Å²) in [4.78, 5) is 16.6. The van der Waals surface area contributed by atoms with E-state index in [0.29, 0.717) is 18.3 Å². The molecule has 2 aromatic rings. The second-order valence-corrected chi connectivity index (χ2v) is 6.75. The number of rotatable bonds is 6. The van der Waals surface area contributed by atoms with Crippen LogP contribution in [-0.4, -0.2) is 23.5 Å². The molecular formula is C21H27N3O. The van der Waals surface area contributed by atoms with Crippen molar-refractivity contribution in [1.82, 2.24) is 10.3 Å². The number of carbonyl (C=O) groups is 1. The second-order valence-electron chi connectivity index (χ2n) is 6.75. The van der Waals surface area contributed by atoms with Gasteiger partial charge in [-0.1, -0.05) is 56.0 Å².